The number of methoxy groups -OCH3 is 1. The number of imidazole rings is 1. The van der Waals surface area contributed by atoms with Crippen LogP contribution in [-0.4, -0.2) is 23.3 Å². The molecule has 0 fully saturated rings. The summed E-state index contributed by atoms with van der Waals surface area (Å²) < 4.78 is 7.07. The van der Waals surface area contributed by atoms with Crippen molar-refractivity contribution in [2.45, 2.75) is 13.5 Å². The predicted molar refractivity (Wildman–Crippen MR) is 73.6 cm³/mol. The molecule has 0 amide bonds. The Labute approximate surface area is 112 Å². The summed E-state index contributed by atoms with van der Waals surface area (Å²) in [5, 5.41) is 4.03. The number of ether oxygens (including phenoxy) is 1. The second-order valence-corrected chi connectivity index (χ2v) is 4.38. The van der Waals surface area contributed by atoms with Gasteiger partial charge in [-0.05, 0) is 24.6 Å². The highest BCUT2D eigenvalue weighted by Gasteiger charge is 2.06. The van der Waals surface area contributed by atoms with E-state index in [4.69, 9.17) is 16.3 Å². The zero-order chi connectivity index (χ0) is 13.0. The average molecular weight is 266 g/mol. The molecular formula is C13H16ClN3O. The summed E-state index contributed by atoms with van der Waals surface area (Å²) in [5.41, 5.74) is 1.98. The Balaban J connectivity index is 2.18. The van der Waals surface area contributed by atoms with Crippen molar-refractivity contribution in [2.24, 2.45) is 0 Å². The Bertz CT molecular complexity index is 525. The lowest BCUT2D eigenvalue weighted by Crippen LogP contribution is -2.07. The maximum atomic E-state index is 6.09. The van der Waals surface area contributed by atoms with Crippen LogP contribution in [0.2, 0.25) is 5.02 Å². The van der Waals surface area contributed by atoms with Crippen LogP contribution in [-0.2, 0) is 11.3 Å². The smallest absolute Gasteiger partial charge is 0.207 e. The maximum Gasteiger partial charge on any atom is 0.207 e. The summed E-state index contributed by atoms with van der Waals surface area (Å²) >= 11 is 6.09. The van der Waals surface area contributed by atoms with E-state index in [-0.39, 0.29) is 0 Å². The molecule has 1 N–H and O–H groups in total. The molecule has 96 valence electrons. The van der Waals surface area contributed by atoms with E-state index in [1.807, 2.05) is 35.9 Å². The van der Waals surface area contributed by atoms with Crippen LogP contribution in [0.4, 0.5) is 11.6 Å². The van der Waals surface area contributed by atoms with Crippen molar-refractivity contribution in [3.63, 3.8) is 0 Å². The lowest BCUT2D eigenvalue weighted by molar-refractivity contribution is 0.188. The molecule has 1 aromatic heterocycles. The van der Waals surface area contributed by atoms with Gasteiger partial charge in [0, 0.05) is 36.8 Å². The van der Waals surface area contributed by atoms with Gasteiger partial charge in [-0.2, -0.15) is 0 Å². The fourth-order valence-electron chi connectivity index (χ4n) is 1.67. The van der Waals surface area contributed by atoms with Gasteiger partial charge in [0.25, 0.3) is 0 Å². The van der Waals surface area contributed by atoms with Crippen molar-refractivity contribution in [3.05, 3.63) is 41.2 Å². The van der Waals surface area contributed by atoms with Crippen molar-refractivity contribution >= 4 is 23.2 Å². The molecule has 1 aromatic carbocycles. The molecule has 0 atom stereocenters. The van der Waals surface area contributed by atoms with Crippen LogP contribution in [0.5, 0.6) is 0 Å². The Morgan fingerprint density at radius 2 is 2.28 bits per heavy atom. The van der Waals surface area contributed by atoms with Gasteiger partial charge in [0.2, 0.25) is 5.95 Å². The first kappa shape index (κ1) is 12.9. The molecule has 0 aliphatic carbocycles. The molecule has 0 saturated heterocycles. The zero-order valence-corrected chi connectivity index (χ0v) is 11.2. The minimum absolute atomic E-state index is 0.652. The summed E-state index contributed by atoms with van der Waals surface area (Å²) in [6.07, 6.45) is 3.68. The van der Waals surface area contributed by atoms with Crippen LogP contribution in [0, 0.1) is 6.92 Å². The van der Waals surface area contributed by atoms with E-state index in [1.165, 1.54) is 0 Å². The van der Waals surface area contributed by atoms with Gasteiger partial charge in [-0.1, -0.05) is 17.7 Å². The van der Waals surface area contributed by atoms with Gasteiger partial charge in [-0.3, -0.25) is 0 Å². The number of rotatable bonds is 5. The predicted octanol–water partition coefficient (Wildman–Crippen LogP) is 3.23. The molecule has 2 rings (SSSR count). The second kappa shape index (κ2) is 5.89. The van der Waals surface area contributed by atoms with E-state index in [1.54, 1.807) is 13.3 Å². The van der Waals surface area contributed by atoms with Gasteiger partial charge in [-0.25, -0.2) is 4.98 Å². The Morgan fingerprint density at radius 1 is 1.44 bits per heavy atom. The Hall–Kier alpha value is -1.52. The highest BCUT2D eigenvalue weighted by atomic mass is 35.5. The van der Waals surface area contributed by atoms with Crippen molar-refractivity contribution in [1.82, 2.24) is 9.55 Å². The Morgan fingerprint density at radius 3 is 3.06 bits per heavy atom. The number of anilines is 2. The molecule has 5 heteroatoms. The first-order chi connectivity index (χ1) is 8.72. The third kappa shape index (κ3) is 2.83. The Kier molecular flexibility index (Phi) is 4.23. The standard InChI is InChI=1S/C13H16ClN3O/c1-10-11(14)4-3-5-12(10)16-13-15-6-7-17(13)8-9-18-2/h3-7H,8-9H2,1-2H3,(H,15,16). The highest BCUT2D eigenvalue weighted by molar-refractivity contribution is 6.31. The zero-order valence-electron chi connectivity index (χ0n) is 10.5. The molecule has 0 unspecified atom stereocenters. The number of benzene rings is 1. The van der Waals surface area contributed by atoms with E-state index in [0.29, 0.717) is 6.61 Å². The van der Waals surface area contributed by atoms with Gasteiger partial charge in [0.1, 0.15) is 0 Å². The van der Waals surface area contributed by atoms with Crippen LogP contribution in [0.25, 0.3) is 0 Å². The number of hydrogen-bond acceptors (Lipinski definition) is 3. The van der Waals surface area contributed by atoms with Crippen LogP contribution in [0.1, 0.15) is 5.56 Å². The molecule has 0 aliphatic rings. The van der Waals surface area contributed by atoms with Crippen molar-refractivity contribution in [1.29, 1.82) is 0 Å². The fourth-order valence-corrected chi connectivity index (χ4v) is 1.84. The summed E-state index contributed by atoms with van der Waals surface area (Å²) in [6.45, 7) is 3.39. The van der Waals surface area contributed by atoms with Crippen LogP contribution in [0.3, 0.4) is 0 Å². The molecule has 1 heterocycles. The first-order valence-electron chi connectivity index (χ1n) is 5.74. The SMILES string of the molecule is COCCn1ccnc1Nc1cccc(Cl)c1C. The van der Waals surface area contributed by atoms with Gasteiger partial charge in [0.15, 0.2) is 0 Å². The first-order valence-corrected chi connectivity index (χ1v) is 6.12. The lowest BCUT2D eigenvalue weighted by Gasteiger charge is -2.12. The van der Waals surface area contributed by atoms with Crippen LogP contribution in [0.15, 0.2) is 30.6 Å². The number of aromatic nitrogens is 2. The van der Waals surface area contributed by atoms with E-state index in [9.17, 15) is 0 Å². The third-order valence-electron chi connectivity index (χ3n) is 2.77. The molecule has 0 spiro atoms. The largest absolute Gasteiger partial charge is 0.383 e. The van der Waals surface area contributed by atoms with Gasteiger partial charge < -0.3 is 14.6 Å². The van der Waals surface area contributed by atoms with Crippen molar-refractivity contribution in [2.75, 3.05) is 19.0 Å². The molecule has 0 bridgehead atoms. The second-order valence-electron chi connectivity index (χ2n) is 3.97. The molecule has 0 radical (unpaired) electrons. The summed E-state index contributed by atoms with van der Waals surface area (Å²) in [7, 11) is 1.69. The quantitative estimate of drug-likeness (QED) is 0.902. The molecule has 18 heavy (non-hydrogen) atoms. The molecule has 4 nitrogen and oxygen atoms in total. The van der Waals surface area contributed by atoms with E-state index in [0.717, 1.165) is 28.8 Å². The monoisotopic (exact) mass is 265 g/mol. The maximum absolute atomic E-state index is 6.09. The number of nitrogens with one attached hydrogen (secondary N) is 1. The van der Waals surface area contributed by atoms with Crippen LogP contribution < -0.4 is 5.32 Å². The van der Waals surface area contributed by atoms with Gasteiger partial charge in [0.05, 0.1) is 6.61 Å². The molecule has 0 aliphatic heterocycles. The number of nitrogens with zero attached hydrogens (tertiary/aromatic N) is 2. The number of halogens is 1. The fraction of sp³-hybridized carbons (Fsp3) is 0.308. The topological polar surface area (TPSA) is 39.1 Å². The number of hydrogen-bond donors (Lipinski definition) is 1. The van der Waals surface area contributed by atoms with Gasteiger partial charge in [-0.15, -0.1) is 0 Å². The highest BCUT2D eigenvalue weighted by Crippen LogP contribution is 2.25. The molecular weight excluding hydrogens is 250 g/mol. The van der Waals surface area contributed by atoms with E-state index >= 15 is 0 Å². The van der Waals surface area contributed by atoms with Crippen LogP contribution >= 0.6 is 11.6 Å². The summed E-state index contributed by atoms with van der Waals surface area (Å²) in [5.74, 6) is 0.789. The normalized spacial score (nSPS) is 10.6. The van der Waals surface area contributed by atoms with E-state index in [2.05, 4.69) is 10.3 Å². The summed E-state index contributed by atoms with van der Waals surface area (Å²) in [6, 6.07) is 5.77. The third-order valence-corrected chi connectivity index (χ3v) is 3.18. The minimum Gasteiger partial charge on any atom is -0.383 e. The van der Waals surface area contributed by atoms with Crippen molar-refractivity contribution < 1.29 is 4.74 Å². The van der Waals surface area contributed by atoms with Crippen molar-refractivity contribution in [3.8, 4) is 0 Å². The average Bonchev–Trinajstić information content (AvgIpc) is 2.80. The molecule has 2 aromatic rings. The van der Waals surface area contributed by atoms with E-state index < -0.39 is 0 Å². The molecule has 0 saturated carbocycles. The van der Waals surface area contributed by atoms with Gasteiger partial charge >= 0.3 is 0 Å². The summed E-state index contributed by atoms with van der Waals surface area (Å²) in [4.78, 5) is 4.29. The minimum atomic E-state index is 0.652. The lowest BCUT2D eigenvalue weighted by atomic mass is 10.2.